The van der Waals surface area contributed by atoms with E-state index in [9.17, 15) is 0 Å². The summed E-state index contributed by atoms with van der Waals surface area (Å²) in [5, 5.41) is 0.681. The molecule has 11 heavy (non-hydrogen) atoms. The minimum absolute atomic E-state index is 0.340. The lowest BCUT2D eigenvalue weighted by Gasteiger charge is -2.15. The Labute approximate surface area is 101 Å². The van der Waals surface area contributed by atoms with Gasteiger partial charge in [-0.2, -0.15) is 0 Å². The molecule has 0 amide bonds. The topological polar surface area (TPSA) is 0 Å². The molecule has 0 heterocycles. The van der Waals surface area contributed by atoms with E-state index in [0.29, 0.717) is 16.5 Å². The summed E-state index contributed by atoms with van der Waals surface area (Å²) in [5.41, 5.74) is 0. The molecule has 1 aliphatic rings. The molecule has 0 aromatic carbocycles. The Hall–Kier alpha value is 1.86. The lowest BCUT2D eigenvalue weighted by atomic mass is 10.3. The minimum Gasteiger partial charge on any atom is -0.100 e. The van der Waals surface area contributed by atoms with Crippen molar-refractivity contribution >= 4 is 78.3 Å². The third kappa shape index (κ3) is 2.03. The van der Waals surface area contributed by atoms with Gasteiger partial charge in [0.05, 0.1) is 10.1 Å². The van der Waals surface area contributed by atoms with Crippen LogP contribution in [0, 0.1) is 0 Å². The second-order valence-electron chi connectivity index (χ2n) is 2.21. The number of halogens is 6. The predicted octanol–water partition coefficient (Wildman–Crippen LogP) is 4.74. The fourth-order valence-corrected chi connectivity index (χ4v) is 4.13. The summed E-state index contributed by atoms with van der Waals surface area (Å²) in [6.07, 6.45) is 0.404. The molecule has 1 rings (SSSR count). The van der Waals surface area contributed by atoms with Crippen molar-refractivity contribution in [3.05, 3.63) is 10.1 Å². The molecule has 0 bridgehead atoms. The molecule has 2 unspecified atom stereocenters. The van der Waals surface area contributed by atoms with E-state index in [1.807, 2.05) is 0 Å². The fourth-order valence-electron chi connectivity index (χ4n) is 0.755. The third-order valence-corrected chi connectivity index (χ3v) is 5.05. The van der Waals surface area contributed by atoms with Gasteiger partial charge in [0.25, 0.3) is 0 Å². The lowest BCUT2D eigenvalue weighted by Crippen LogP contribution is -2.14. The minimum atomic E-state index is -0.823. The summed E-state index contributed by atoms with van der Waals surface area (Å²) in [6.45, 7) is 0. The molecular formula is C5H2Br2Cl4. The molecule has 0 aromatic heterocycles. The first-order valence-corrected chi connectivity index (χ1v) is 5.69. The van der Waals surface area contributed by atoms with Gasteiger partial charge in [0.15, 0.2) is 0 Å². The number of allylic oxidation sites excluding steroid dienone is 2. The monoisotopic (exact) mass is 360 g/mol. The van der Waals surface area contributed by atoms with Crippen LogP contribution in [0.15, 0.2) is 10.1 Å². The van der Waals surface area contributed by atoms with Crippen LogP contribution in [0.5, 0.6) is 0 Å². The van der Waals surface area contributed by atoms with Gasteiger partial charge in [-0.25, -0.2) is 0 Å². The number of alkyl halides is 4. The SMILES string of the molecule is ClC1=C(Cl)C(Cl)(Br)CC1(Cl)Br. The second-order valence-corrected chi connectivity index (χ2v) is 7.88. The normalized spacial score (nSPS) is 45.3. The van der Waals surface area contributed by atoms with Crippen LogP contribution in [0.25, 0.3) is 0 Å². The van der Waals surface area contributed by atoms with Gasteiger partial charge >= 0.3 is 0 Å². The average molecular weight is 364 g/mol. The van der Waals surface area contributed by atoms with Crippen molar-refractivity contribution in [2.75, 3.05) is 0 Å². The van der Waals surface area contributed by atoms with Gasteiger partial charge < -0.3 is 0 Å². The summed E-state index contributed by atoms with van der Waals surface area (Å²) in [4.78, 5) is 0. The van der Waals surface area contributed by atoms with Crippen LogP contribution in [0.1, 0.15) is 6.42 Å². The van der Waals surface area contributed by atoms with Crippen molar-refractivity contribution in [1.29, 1.82) is 0 Å². The number of hydrogen-bond acceptors (Lipinski definition) is 0. The van der Waals surface area contributed by atoms with Gasteiger partial charge in [-0.3, -0.25) is 0 Å². The average Bonchev–Trinajstić information content (AvgIpc) is 1.91. The molecule has 6 heteroatoms. The molecule has 0 fully saturated rings. The van der Waals surface area contributed by atoms with E-state index in [-0.39, 0.29) is 0 Å². The van der Waals surface area contributed by atoms with Crippen LogP contribution >= 0.6 is 78.3 Å². The highest BCUT2D eigenvalue weighted by Gasteiger charge is 2.49. The van der Waals surface area contributed by atoms with Gasteiger partial charge in [-0.05, 0) is 0 Å². The van der Waals surface area contributed by atoms with Crippen molar-refractivity contribution in [3.8, 4) is 0 Å². The quantitative estimate of drug-likeness (QED) is 0.545. The Balaban J connectivity index is 3.09. The molecule has 0 saturated carbocycles. The van der Waals surface area contributed by atoms with Crippen LogP contribution in [0.4, 0.5) is 0 Å². The summed E-state index contributed by atoms with van der Waals surface area (Å²) in [5.74, 6) is 0. The number of hydrogen-bond donors (Lipinski definition) is 0. The highest BCUT2D eigenvalue weighted by atomic mass is 79.9. The molecule has 2 atom stereocenters. The van der Waals surface area contributed by atoms with Crippen LogP contribution in [-0.4, -0.2) is 7.57 Å². The molecule has 64 valence electrons. The Morgan fingerprint density at radius 3 is 1.36 bits per heavy atom. The molecule has 0 nitrogen and oxygen atoms in total. The molecular weight excluding hydrogens is 362 g/mol. The van der Waals surface area contributed by atoms with Gasteiger partial charge in [-0.1, -0.05) is 55.1 Å². The summed E-state index contributed by atoms with van der Waals surface area (Å²) in [7, 11) is 0. The van der Waals surface area contributed by atoms with Crippen LogP contribution in [-0.2, 0) is 0 Å². The van der Waals surface area contributed by atoms with Gasteiger partial charge in [0, 0.05) is 6.42 Å². The molecule has 1 aliphatic carbocycles. The van der Waals surface area contributed by atoms with Gasteiger partial charge in [0.2, 0.25) is 0 Å². The second kappa shape index (κ2) is 3.21. The molecule has 0 radical (unpaired) electrons. The first-order chi connectivity index (χ1) is 4.77. The molecule has 0 aliphatic heterocycles. The molecule has 0 N–H and O–H groups in total. The lowest BCUT2D eigenvalue weighted by molar-refractivity contribution is 0.868. The van der Waals surface area contributed by atoms with E-state index in [0.717, 1.165) is 0 Å². The van der Waals surface area contributed by atoms with Crippen molar-refractivity contribution in [3.63, 3.8) is 0 Å². The maximum absolute atomic E-state index is 5.93. The van der Waals surface area contributed by atoms with Crippen LogP contribution < -0.4 is 0 Å². The number of rotatable bonds is 0. The first-order valence-electron chi connectivity index (χ1n) is 2.59. The van der Waals surface area contributed by atoms with Crippen molar-refractivity contribution in [2.45, 2.75) is 14.0 Å². The van der Waals surface area contributed by atoms with E-state index >= 15 is 0 Å². The van der Waals surface area contributed by atoms with E-state index in [2.05, 4.69) is 31.9 Å². The Kier molecular flexibility index (Phi) is 3.20. The summed E-state index contributed by atoms with van der Waals surface area (Å²) in [6, 6.07) is 0. The molecule has 0 aromatic rings. The van der Waals surface area contributed by atoms with E-state index in [4.69, 9.17) is 46.4 Å². The molecule has 0 spiro atoms. The predicted molar refractivity (Wildman–Crippen MR) is 58.4 cm³/mol. The maximum atomic E-state index is 5.93. The zero-order chi connectivity index (χ0) is 8.86. The van der Waals surface area contributed by atoms with E-state index in [1.165, 1.54) is 0 Å². The largest absolute Gasteiger partial charge is 0.138 e. The highest BCUT2D eigenvalue weighted by Crippen LogP contribution is 2.58. The summed E-state index contributed by atoms with van der Waals surface area (Å²) >= 11 is 29.8. The van der Waals surface area contributed by atoms with Crippen LogP contribution in [0.3, 0.4) is 0 Å². The van der Waals surface area contributed by atoms with Crippen LogP contribution in [0.2, 0.25) is 0 Å². The fraction of sp³-hybridized carbons (Fsp3) is 0.600. The zero-order valence-corrected chi connectivity index (χ0v) is 11.2. The smallest absolute Gasteiger partial charge is 0.100 e. The maximum Gasteiger partial charge on any atom is 0.138 e. The summed E-state index contributed by atoms with van der Waals surface area (Å²) < 4.78 is -1.65. The first kappa shape index (κ1) is 10.9. The Morgan fingerprint density at radius 2 is 1.27 bits per heavy atom. The Bertz CT molecular complexity index is 199. The van der Waals surface area contributed by atoms with E-state index in [1.54, 1.807) is 0 Å². The van der Waals surface area contributed by atoms with Crippen molar-refractivity contribution < 1.29 is 0 Å². The van der Waals surface area contributed by atoms with Gasteiger partial charge in [0.1, 0.15) is 7.57 Å². The van der Waals surface area contributed by atoms with Crippen molar-refractivity contribution in [1.82, 2.24) is 0 Å². The highest BCUT2D eigenvalue weighted by molar-refractivity contribution is 9.11. The third-order valence-electron chi connectivity index (χ3n) is 1.28. The molecule has 0 saturated heterocycles. The zero-order valence-electron chi connectivity index (χ0n) is 4.97. The van der Waals surface area contributed by atoms with Gasteiger partial charge in [-0.15, -0.1) is 23.2 Å². The van der Waals surface area contributed by atoms with Crippen molar-refractivity contribution in [2.24, 2.45) is 0 Å². The van der Waals surface area contributed by atoms with E-state index < -0.39 is 7.57 Å². The Morgan fingerprint density at radius 1 is 1.00 bits per heavy atom. The standard InChI is InChI=1S/C5H2Br2Cl4/c6-4(10)1-5(7,11)3(9)2(4)8/h1H2.